The average Bonchev–Trinajstić information content (AvgIpc) is 2.66. The number of terminal acetylenes is 1. The quantitative estimate of drug-likeness (QED) is 0.717. The number of amides is 1. The van der Waals surface area contributed by atoms with Gasteiger partial charge in [0.2, 0.25) is 5.91 Å². The van der Waals surface area contributed by atoms with Crippen molar-refractivity contribution in [3.8, 4) is 12.3 Å². The van der Waals surface area contributed by atoms with E-state index >= 15 is 0 Å². The van der Waals surface area contributed by atoms with Gasteiger partial charge in [-0.2, -0.15) is 0 Å². The molecule has 0 aliphatic heterocycles. The van der Waals surface area contributed by atoms with E-state index < -0.39 is 0 Å². The molecule has 0 radical (unpaired) electrons. The van der Waals surface area contributed by atoms with Gasteiger partial charge in [0, 0.05) is 11.6 Å². The van der Waals surface area contributed by atoms with Crippen LogP contribution >= 0.6 is 11.3 Å². The first-order valence-corrected chi connectivity index (χ1v) is 4.99. The molecule has 0 fully saturated rings. The lowest BCUT2D eigenvalue weighted by molar-refractivity contribution is -0.117. The fourth-order valence-electron chi connectivity index (χ4n) is 0.804. The molecule has 0 aliphatic carbocycles. The third-order valence-corrected chi connectivity index (χ3v) is 2.25. The molecule has 0 saturated heterocycles. The minimum atomic E-state index is -0.310. The molecule has 1 heterocycles. The first-order chi connectivity index (χ1) is 6.74. The molecule has 2 N–H and O–H groups in total. The highest BCUT2D eigenvalue weighted by Gasteiger charge is 2.12. The Balaban J connectivity index is 2.39. The summed E-state index contributed by atoms with van der Waals surface area (Å²) in [5.74, 6) is 2.28. The van der Waals surface area contributed by atoms with Gasteiger partial charge in [-0.05, 0) is 6.92 Å². The van der Waals surface area contributed by atoms with E-state index in [0.29, 0.717) is 11.7 Å². The Morgan fingerprint density at radius 3 is 3.21 bits per heavy atom. The van der Waals surface area contributed by atoms with Crippen LogP contribution in [-0.4, -0.2) is 23.5 Å². The summed E-state index contributed by atoms with van der Waals surface area (Å²) in [6.07, 6.45) is 6.70. The highest BCUT2D eigenvalue weighted by atomic mass is 32.1. The summed E-state index contributed by atoms with van der Waals surface area (Å²) < 4.78 is 0. The number of nitrogens with zero attached hydrogens (tertiary/aromatic N) is 1. The molecule has 0 aromatic carbocycles. The molecule has 0 bridgehead atoms. The van der Waals surface area contributed by atoms with Gasteiger partial charge in [-0.25, -0.2) is 4.98 Å². The van der Waals surface area contributed by atoms with Crippen molar-refractivity contribution in [2.75, 3.05) is 11.9 Å². The van der Waals surface area contributed by atoms with Gasteiger partial charge in [-0.3, -0.25) is 10.1 Å². The molecule has 1 amide bonds. The Labute approximate surface area is 86.7 Å². The van der Waals surface area contributed by atoms with Crippen LogP contribution in [-0.2, 0) is 4.79 Å². The summed E-state index contributed by atoms with van der Waals surface area (Å²) in [7, 11) is 0. The maximum Gasteiger partial charge on any atom is 0.243 e. The third kappa shape index (κ3) is 3.17. The maximum atomic E-state index is 11.4. The summed E-state index contributed by atoms with van der Waals surface area (Å²) in [6.45, 7) is 2.13. The largest absolute Gasteiger partial charge is 0.301 e. The van der Waals surface area contributed by atoms with Crippen LogP contribution in [0.3, 0.4) is 0 Å². The number of hydrogen-bond donors (Lipinski definition) is 2. The van der Waals surface area contributed by atoms with Crippen LogP contribution in [0, 0.1) is 12.3 Å². The predicted molar refractivity (Wildman–Crippen MR) is 57.0 cm³/mol. The van der Waals surface area contributed by atoms with Crippen LogP contribution in [0.5, 0.6) is 0 Å². The lowest BCUT2D eigenvalue weighted by Crippen LogP contribution is -2.38. The molecule has 0 saturated carbocycles. The fraction of sp³-hybridized carbons (Fsp3) is 0.333. The van der Waals surface area contributed by atoms with Gasteiger partial charge >= 0.3 is 0 Å². The van der Waals surface area contributed by atoms with Gasteiger partial charge in [-0.15, -0.1) is 17.8 Å². The van der Waals surface area contributed by atoms with Crippen LogP contribution in [0.1, 0.15) is 6.92 Å². The Kier molecular flexibility index (Phi) is 4.11. The van der Waals surface area contributed by atoms with E-state index in [1.165, 1.54) is 11.3 Å². The zero-order chi connectivity index (χ0) is 10.4. The van der Waals surface area contributed by atoms with Crippen molar-refractivity contribution in [3.05, 3.63) is 11.6 Å². The van der Waals surface area contributed by atoms with Gasteiger partial charge in [0.05, 0.1) is 12.6 Å². The van der Waals surface area contributed by atoms with Crippen LogP contribution in [0.4, 0.5) is 5.13 Å². The van der Waals surface area contributed by atoms with Crippen LogP contribution in [0.15, 0.2) is 11.6 Å². The lowest BCUT2D eigenvalue weighted by Gasteiger charge is -2.10. The zero-order valence-electron chi connectivity index (χ0n) is 7.78. The predicted octanol–water partition coefficient (Wildman–Crippen LogP) is 0.693. The van der Waals surface area contributed by atoms with Gasteiger partial charge < -0.3 is 5.32 Å². The zero-order valence-corrected chi connectivity index (χ0v) is 8.60. The molecule has 4 nitrogen and oxygen atoms in total. The summed E-state index contributed by atoms with van der Waals surface area (Å²) in [6, 6.07) is -0.310. The number of rotatable bonds is 4. The topological polar surface area (TPSA) is 54.0 Å². The van der Waals surface area contributed by atoms with Crippen LogP contribution in [0.25, 0.3) is 0 Å². The molecule has 0 spiro atoms. The number of aromatic nitrogens is 1. The number of carbonyl (C=O) groups excluding carboxylic acids is 1. The smallest absolute Gasteiger partial charge is 0.243 e. The Morgan fingerprint density at radius 1 is 1.86 bits per heavy atom. The summed E-state index contributed by atoms with van der Waals surface area (Å²) in [5, 5.41) is 7.94. The first-order valence-electron chi connectivity index (χ1n) is 4.11. The third-order valence-electron chi connectivity index (χ3n) is 1.57. The molecule has 1 aromatic heterocycles. The maximum absolute atomic E-state index is 11.4. The minimum absolute atomic E-state index is 0.129. The Bertz CT molecular complexity index is 328. The molecule has 1 unspecified atom stereocenters. The first kappa shape index (κ1) is 10.7. The molecule has 1 atom stereocenters. The summed E-state index contributed by atoms with van der Waals surface area (Å²) in [4.78, 5) is 15.4. The van der Waals surface area contributed by atoms with Crippen molar-refractivity contribution in [1.82, 2.24) is 10.3 Å². The van der Waals surface area contributed by atoms with Crippen molar-refractivity contribution in [2.45, 2.75) is 13.0 Å². The molecule has 1 aromatic rings. The van der Waals surface area contributed by atoms with Crippen molar-refractivity contribution >= 4 is 22.4 Å². The van der Waals surface area contributed by atoms with Gasteiger partial charge in [0.1, 0.15) is 0 Å². The van der Waals surface area contributed by atoms with Crippen molar-refractivity contribution in [1.29, 1.82) is 0 Å². The second kappa shape index (κ2) is 5.37. The SMILES string of the molecule is C#CCNC(C)C(=O)Nc1nccs1. The molecule has 5 heteroatoms. The van der Waals surface area contributed by atoms with Crippen molar-refractivity contribution in [2.24, 2.45) is 0 Å². The molecule has 14 heavy (non-hydrogen) atoms. The minimum Gasteiger partial charge on any atom is -0.301 e. The van der Waals surface area contributed by atoms with Crippen molar-refractivity contribution < 1.29 is 4.79 Å². The Hall–Kier alpha value is -1.38. The number of nitrogens with one attached hydrogen (secondary N) is 2. The second-order valence-electron chi connectivity index (χ2n) is 2.63. The van der Waals surface area contributed by atoms with E-state index in [0.717, 1.165) is 0 Å². The molecular formula is C9H11N3OS. The van der Waals surface area contributed by atoms with Gasteiger partial charge in [0.25, 0.3) is 0 Å². The normalized spacial score (nSPS) is 11.7. The van der Waals surface area contributed by atoms with Crippen molar-refractivity contribution in [3.63, 3.8) is 0 Å². The van der Waals surface area contributed by atoms with E-state index in [1.54, 1.807) is 18.5 Å². The summed E-state index contributed by atoms with van der Waals surface area (Å²) in [5.41, 5.74) is 0. The van der Waals surface area contributed by atoms with Gasteiger partial charge in [-0.1, -0.05) is 5.92 Å². The average molecular weight is 209 g/mol. The fourth-order valence-corrected chi connectivity index (χ4v) is 1.34. The van der Waals surface area contributed by atoms with E-state index in [-0.39, 0.29) is 11.9 Å². The molecular weight excluding hydrogens is 198 g/mol. The highest BCUT2D eigenvalue weighted by Crippen LogP contribution is 2.10. The van der Waals surface area contributed by atoms with E-state index in [2.05, 4.69) is 21.5 Å². The molecule has 1 rings (SSSR count). The summed E-state index contributed by atoms with van der Waals surface area (Å²) >= 11 is 1.38. The lowest BCUT2D eigenvalue weighted by atomic mass is 10.3. The standard InChI is InChI=1S/C9H11N3OS/c1-3-4-10-7(2)8(13)12-9-11-5-6-14-9/h1,5-7,10H,4H2,2H3,(H,11,12,13). The number of anilines is 1. The van der Waals surface area contributed by atoms with Gasteiger partial charge in [0.15, 0.2) is 5.13 Å². The number of hydrogen-bond acceptors (Lipinski definition) is 4. The van der Waals surface area contributed by atoms with E-state index in [4.69, 9.17) is 6.42 Å². The van der Waals surface area contributed by atoms with Crippen LogP contribution in [0.2, 0.25) is 0 Å². The second-order valence-corrected chi connectivity index (χ2v) is 3.53. The van der Waals surface area contributed by atoms with E-state index in [1.807, 2.05) is 0 Å². The van der Waals surface area contributed by atoms with Crippen LogP contribution < -0.4 is 10.6 Å². The molecule has 74 valence electrons. The monoisotopic (exact) mass is 209 g/mol. The number of thiazole rings is 1. The highest BCUT2D eigenvalue weighted by molar-refractivity contribution is 7.13. The van der Waals surface area contributed by atoms with E-state index in [9.17, 15) is 4.79 Å². The number of carbonyl (C=O) groups is 1. The molecule has 0 aliphatic rings. The Morgan fingerprint density at radius 2 is 2.64 bits per heavy atom.